The zero-order valence-electron chi connectivity index (χ0n) is 11.3. The van der Waals surface area contributed by atoms with E-state index >= 15 is 0 Å². The third kappa shape index (κ3) is 5.63. The number of carbonyl (C=O) groups is 1. The molecule has 5 heteroatoms. The lowest BCUT2D eigenvalue weighted by Crippen LogP contribution is -2.35. The van der Waals surface area contributed by atoms with Crippen molar-refractivity contribution >= 4 is 11.6 Å². The average molecular weight is 250 g/mol. The number of carbonyl (C=O) groups excluding carboxylic acids is 1. The maximum absolute atomic E-state index is 11.8. The predicted octanol–water partition coefficient (Wildman–Crippen LogP) is 0.663. The normalized spacial score (nSPS) is 12.4. The molecule has 0 bridgehead atoms. The minimum absolute atomic E-state index is 0.00136. The van der Waals surface area contributed by atoms with Crippen molar-refractivity contribution in [1.82, 2.24) is 15.2 Å². The fourth-order valence-corrected chi connectivity index (χ4v) is 1.55. The molecule has 3 N–H and O–H groups in total. The molecule has 0 aliphatic heterocycles. The number of nitrogens with zero attached hydrogens (tertiary/aromatic N) is 2. The third-order valence-electron chi connectivity index (χ3n) is 2.61. The molecule has 1 aromatic rings. The van der Waals surface area contributed by atoms with Gasteiger partial charge in [-0.1, -0.05) is 0 Å². The third-order valence-corrected chi connectivity index (χ3v) is 2.61. The summed E-state index contributed by atoms with van der Waals surface area (Å²) in [5, 5.41) is 2.96. The van der Waals surface area contributed by atoms with Gasteiger partial charge in [-0.3, -0.25) is 9.78 Å². The molecule has 1 heterocycles. The van der Waals surface area contributed by atoms with Crippen LogP contribution < -0.4 is 11.1 Å². The van der Waals surface area contributed by atoms with Crippen molar-refractivity contribution in [2.75, 3.05) is 26.4 Å². The lowest BCUT2D eigenvalue weighted by molar-refractivity contribution is -0.121. The van der Waals surface area contributed by atoms with Crippen LogP contribution in [0.5, 0.6) is 0 Å². The maximum Gasteiger partial charge on any atom is 0.226 e. The standard InChI is InChI=1S/C13H22N4O/c1-10(6-7-17(2)3)16-13(18)8-12-5-4-11(14)9-15-12/h4-5,9-10H,6-8,14H2,1-3H3,(H,16,18). The molecule has 1 atom stereocenters. The lowest BCUT2D eigenvalue weighted by atomic mass is 10.2. The summed E-state index contributed by atoms with van der Waals surface area (Å²) in [6, 6.07) is 3.71. The van der Waals surface area contributed by atoms with Gasteiger partial charge >= 0.3 is 0 Å². The Balaban J connectivity index is 2.34. The van der Waals surface area contributed by atoms with E-state index in [1.54, 1.807) is 18.3 Å². The second-order valence-corrected chi connectivity index (χ2v) is 4.82. The molecule has 0 radical (unpaired) electrons. The van der Waals surface area contributed by atoms with Crippen LogP contribution in [0.15, 0.2) is 18.3 Å². The number of aromatic nitrogens is 1. The molecule has 100 valence electrons. The van der Waals surface area contributed by atoms with Crippen molar-refractivity contribution in [2.45, 2.75) is 25.8 Å². The molecule has 1 rings (SSSR count). The summed E-state index contributed by atoms with van der Waals surface area (Å²) >= 11 is 0. The average Bonchev–Trinajstić information content (AvgIpc) is 2.29. The number of nitrogen functional groups attached to an aromatic ring is 1. The fourth-order valence-electron chi connectivity index (χ4n) is 1.55. The van der Waals surface area contributed by atoms with E-state index in [4.69, 9.17) is 5.73 Å². The number of nitrogens with one attached hydrogen (secondary N) is 1. The molecule has 18 heavy (non-hydrogen) atoms. The smallest absolute Gasteiger partial charge is 0.226 e. The van der Waals surface area contributed by atoms with Crippen molar-refractivity contribution in [1.29, 1.82) is 0 Å². The first kappa shape index (κ1) is 14.4. The first-order valence-electron chi connectivity index (χ1n) is 6.12. The molecule has 0 aliphatic carbocycles. The number of anilines is 1. The van der Waals surface area contributed by atoms with Gasteiger partial charge in [0.2, 0.25) is 5.91 Å². The van der Waals surface area contributed by atoms with E-state index in [1.807, 2.05) is 21.0 Å². The summed E-state index contributed by atoms with van der Waals surface area (Å²) in [5.41, 5.74) is 6.89. The van der Waals surface area contributed by atoms with E-state index in [1.165, 1.54) is 0 Å². The van der Waals surface area contributed by atoms with Crippen LogP contribution in [-0.4, -0.2) is 42.5 Å². The SMILES string of the molecule is CC(CCN(C)C)NC(=O)Cc1ccc(N)cn1. The van der Waals surface area contributed by atoms with E-state index in [2.05, 4.69) is 15.2 Å². The molecule has 0 aromatic carbocycles. The van der Waals surface area contributed by atoms with Gasteiger partial charge in [-0.15, -0.1) is 0 Å². The van der Waals surface area contributed by atoms with Gasteiger partial charge in [0.1, 0.15) is 0 Å². The minimum Gasteiger partial charge on any atom is -0.397 e. The summed E-state index contributed by atoms with van der Waals surface area (Å²) in [6.07, 6.45) is 2.80. The summed E-state index contributed by atoms with van der Waals surface area (Å²) in [4.78, 5) is 18.0. The van der Waals surface area contributed by atoms with Gasteiger partial charge < -0.3 is 16.0 Å². The molecule has 5 nitrogen and oxygen atoms in total. The van der Waals surface area contributed by atoms with Crippen LogP contribution in [-0.2, 0) is 11.2 Å². The van der Waals surface area contributed by atoms with Crippen LogP contribution in [0.25, 0.3) is 0 Å². The van der Waals surface area contributed by atoms with Gasteiger partial charge in [0.15, 0.2) is 0 Å². The zero-order valence-corrected chi connectivity index (χ0v) is 11.3. The molecule has 1 unspecified atom stereocenters. The summed E-state index contributed by atoms with van der Waals surface area (Å²) in [7, 11) is 4.04. The highest BCUT2D eigenvalue weighted by Crippen LogP contribution is 2.02. The van der Waals surface area contributed by atoms with E-state index in [0.717, 1.165) is 18.7 Å². The topological polar surface area (TPSA) is 71.2 Å². The molecule has 0 fully saturated rings. The highest BCUT2D eigenvalue weighted by atomic mass is 16.1. The van der Waals surface area contributed by atoms with Crippen molar-refractivity contribution in [2.24, 2.45) is 0 Å². The predicted molar refractivity (Wildman–Crippen MR) is 73.1 cm³/mol. The summed E-state index contributed by atoms with van der Waals surface area (Å²) in [6.45, 7) is 2.97. The quantitative estimate of drug-likeness (QED) is 0.778. The Bertz CT molecular complexity index is 375. The second-order valence-electron chi connectivity index (χ2n) is 4.82. The van der Waals surface area contributed by atoms with Gasteiger partial charge in [-0.05, 0) is 46.1 Å². The van der Waals surface area contributed by atoms with Crippen molar-refractivity contribution < 1.29 is 4.79 Å². The number of rotatable bonds is 6. The van der Waals surface area contributed by atoms with Crippen LogP contribution in [0.3, 0.4) is 0 Å². The van der Waals surface area contributed by atoms with Gasteiger partial charge in [0.05, 0.1) is 18.3 Å². The van der Waals surface area contributed by atoms with Gasteiger partial charge in [0, 0.05) is 11.7 Å². The lowest BCUT2D eigenvalue weighted by Gasteiger charge is -2.16. The maximum atomic E-state index is 11.8. The Morgan fingerprint density at radius 3 is 2.78 bits per heavy atom. The second kappa shape index (κ2) is 6.96. The Morgan fingerprint density at radius 2 is 2.22 bits per heavy atom. The number of hydrogen-bond acceptors (Lipinski definition) is 4. The first-order valence-corrected chi connectivity index (χ1v) is 6.12. The highest BCUT2D eigenvalue weighted by Gasteiger charge is 2.09. The molecule has 1 aromatic heterocycles. The number of hydrogen-bond donors (Lipinski definition) is 2. The Kier molecular flexibility index (Phi) is 5.58. The monoisotopic (exact) mass is 250 g/mol. The Morgan fingerprint density at radius 1 is 1.50 bits per heavy atom. The van der Waals surface area contributed by atoms with Crippen LogP contribution >= 0.6 is 0 Å². The van der Waals surface area contributed by atoms with E-state index in [0.29, 0.717) is 12.1 Å². The molecule has 0 aliphatic rings. The first-order chi connectivity index (χ1) is 8.47. The van der Waals surface area contributed by atoms with E-state index in [9.17, 15) is 4.79 Å². The number of amides is 1. The number of pyridine rings is 1. The Labute approximate surface area is 108 Å². The zero-order chi connectivity index (χ0) is 13.5. The summed E-state index contributed by atoms with van der Waals surface area (Å²) in [5.74, 6) is -0.00136. The fraction of sp³-hybridized carbons (Fsp3) is 0.538. The van der Waals surface area contributed by atoms with Gasteiger partial charge in [-0.25, -0.2) is 0 Å². The van der Waals surface area contributed by atoms with Crippen molar-refractivity contribution in [3.05, 3.63) is 24.0 Å². The van der Waals surface area contributed by atoms with Crippen molar-refractivity contribution in [3.63, 3.8) is 0 Å². The van der Waals surface area contributed by atoms with Gasteiger partial charge in [-0.2, -0.15) is 0 Å². The number of nitrogens with two attached hydrogens (primary N) is 1. The molecular formula is C13H22N4O. The van der Waals surface area contributed by atoms with Crippen LogP contribution in [0.1, 0.15) is 19.0 Å². The van der Waals surface area contributed by atoms with Crippen LogP contribution in [0, 0.1) is 0 Å². The van der Waals surface area contributed by atoms with E-state index < -0.39 is 0 Å². The highest BCUT2D eigenvalue weighted by molar-refractivity contribution is 5.78. The minimum atomic E-state index is -0.00136. The molecule has 0 saturated carbocycles. The molecular weight excluding hydrogens is 228 g/mol. The summed E-state index contributed by atoms with van der Waals surface area (Å²) < 4.78 is 0. The van der Waals surface area contributed by atoms with Crippen LogP contribution in [0.4, 0.5) is 5.69 Å². The Hall–Kier alpha value is -1.62. The van der Waals surface area contributed by atoms with Crippen LogP contribution in [0.2, 0.25) is 0 Å². The molecule has 1 amide bonds. The van der Waals surface area contributed by atoms with E-state index in [-0.39, 0.29) is 11.9 Å². The largest absolute Gasteiger partial charge is 0.397 e. The molecule has 0 spiro atoms. The molecule has 0 saturated heterocycles. The van der Waals surface area contributed by atoms with Crippen molar-refractivity contribution in [3.8, 4) is 0 Å². The van der Waals surface area contributed by atoms with Gasteiger partial charge in [0.25, 0.3) is 0 Å².